The van der Waals surface area contributed by atoms with Gasteiger partial charge in [-0.2, -0.15) is 0 Å². The quantitative estimate of drug-likeness (QED) is 0.447. The van der Waals surface area contributed by atoms with Crippen molar-refractivity contribution in [1.29, 1.82) is 0 Å². The second kappa shape index (κ2) is 9.93. The predicted octanol–water partition coefficient (Wildman–Crippen LogP) is 2.06. The van der Waals surface area contributed by atoms with Crippen molar-refractivity contribution in [3.05, 3.63) is 119 Å². The maximum absolute atomic E-state index is 2.62. The van der Waals surface area contributed by atoms with E-state index in [2.05, 4.69) is 112 Å². The minimum Gasteiger partial charge on any atom is -1.00 e. The molecule has 0 heterocycles. The van der Waals surface area contributed by atoms with Crippen LogP contribution in [-0.2, 0) is 31.6 Å². The molecular formula is C31H30Cl2Zr. The molecule has 3 aromatic rings. The van der Waals surface area contributed by atoms with E-state index < -0.39 is 0 Å². The largest absolute Gasteiger partial charge is 2.00 e. The maximum Gasteiger partial charge on any atom is 2.00 e. The Bertz CT molecular complexity index is 1190. The van der Waals surface area contributed by atoms with Gasteiger partial charge in [-0.15, -0.1) is 0 Å². The molecule has 1 fully saturated rings. The van der Waals surface area contributed by atoms with Crippen molar-refractivity contribution in [2.24, 2.45) is 11.3 Å². The zero-order valence-corrected chi connectivity index (χ0v) is 24.0. The number of allylic oxidation sites excluding steroid dienone is 4. The van der Waals surface area contributed by atoms with Crippen LogP contribution in [0.5, 0.6) is 0 Å². The Balaban J connectivity index is 0.00000108. The third-order valence-electron chi connectivity index (χ3n) is 8.00. The maximum atomic E-state index is 2.62. The molecule has 0 bridgehead atoms. The summed E-state index contributed by atoms with van der Waals surface area (Å²) in [5, 5.41) is 0. The molecule has 0 aliphatic heterocycles. The number of hydrogen-bond donors (Lipinski definition) is 0. The van der Waals surface area contributed by atoms with E-state index in [-0.39, 0.29) is 61.8 Å². The fraction of sp³-hybridized carbons (Fsp3) is 0.290. The number of halogens is 2. The summed E-state index contributed by atoms with van der Waals surface area (Å²) >= 11 is 0. The minimum absolute atomic E-state index is 0. The standard InChI is InChI=1S/C31H30.2ClH.Zr/c1-30(2,3)23-19-21-17-18-31(28(21)20-23,22-11-5-4-6-12-22)29-26-15-9-7-13-24(26)25-14-8-10-16-27(25)29;;;/h4-16,19-20,28-29H,17-18H2,1-3H3;2*1H;/q;;;+2/p-2. The summed E-state index contributed by atoms with van der Waals surface area (Å²) in [6.45, 7) is 7.05. The SMILES string of the molecule is CC(C)(C)C1=CC2C(=C1)CCC2(c1ccccc1)C1c2ccccc2-c2ccccc21.[Cl-].[Cl-].[Zr+2]. The van der Waals surface area contributed by atoms with Crippen molar-refractivity contribution >= 4 is 0 Å². The molecule has 0 aromatic heterocycles. The Hall–Kier alpha value is -1.40. The van der Waals surface area contributed by atoms with Crippen LogP contribution in [0.3, 0.4) is 0 Å². The molecule has 2 atom stereocenters. The third kappa shape index (κ3) is 3.93. The topological polar surface area (TPSA) is 0 Å². The van der Waals surface area contributed by atoms with E-state index in [1.165, 1.54) is 46.2 Å². The second-order valence-electron chi connectivity index (χ2n) is 10.6. The van der Waals surface area contributed by atoms with Crippen LogP contribution in [0.25, 0.3) is 11.1 Å². The molecule has 3 aliphatic rings. The average Bonchev–Trinajstić information content (AvgIpc) is 3.45. The van der Waals surface area contributed by atoms with Crippen molar-refractivity contribution in [3.8, 4) is 11.1 Å². The summed E-state index contributed by atoms with van der Waals surface area (Å²) in [4.78, 5) is 0. The second-order valence-corrected chi connectivity index (χ2v) is 10.6. The first-order valence-corrected chi connectivity index (χ1v) is 11.7. The number of benzene rings is 3. The van der Waals surface area contributed by atoms with Crippen LogP contribution in [0.15, 0.2) is 102 Å². The first-order valence-electron chi connectivity index (χ1n) is 11.7. The molecule has 0 radical (unpaired) electrons. The Labute approximate surface area is 235 Å². The van der Waals surface area contributed by atoms with Gasteiger partial charge in [0.25, 0.3) is 0 Å². The van der Waals surface area contributed by atoms with E-state index in [4.69, 9.17) is 0 Å². The zero-order valence-electron chi connectivity index (χ0n) is 20.0. The van der Waals surface area contributed by atoms with Gasteiger partial charge in [-0.05, 0) is 51.6 Å². The molecule has 0 N–H and O–H groups in total. The monoisotopic (exact) mass is 562 g/mol. The van der Waals surface area contributed by atoms with E-state index in [9.17, 15) is 0 Å². The predicted molar refractivity (Wildman–Crippen MR) is 130 cm³/mol. The normalized spacial score (nSPS) is 22.3. The summed E-state index contributed by atoms with van der Waals surface area (Å²) in [6, 6.07) is 29.7. The third-order valence-corrected chi connectivity index (χ3v) is 8.00. The Morgan fingerprint density at radius 3 is 1.82 bits per heavy atom. The van der Waals surface area contributed by atoms with Crippen molar-refractivity contribution in [2.45, 2.75) is 44.9 Å². The molecule has 0 saturated heterocycles. The van der Waals surface area contributed by atoms with Gasteiger partial charge in [-0.3, -0.25) is 0 Å². The molecule has 0 nitrogen and oxygen atoms in total. The van der Waals surface area contributed by atoms with Crippen LogP contribution in [0, 0.1) is 11.3 Å². The summed E-state index contributed by atoms with van der Waals surface area (Å²) in [7, 11) is 0. The van der Waals surface area contributed by atoms with Crippen molar-refractivity contribution in [3.63, 3.8) is 0 Å². The molecule has 0 spiro atoms. The van der Waals surface area contributed by atoms with Crippen LogP contribution in [0.2, 0.25) is 0 Å². The summed E-state index contributed by atoms with van der Waals surface area (Å²) in [5.74, 6) is 0.849. The minimum atomic E-state index is 0. The fourth-order valence-corrected chi connectivity index (χ4v) is 6.58. The number of rotatable bonds is 2. The van der Waals surface area contributed by atoms with Crippen LogP contribution in [0.4, 0.5) is 0 Å². The van der Waals surface area contributed by atoms with Gasteiger partial charge in [0.1, 0.15) is 0 Å². The van der Waals surface area contributed by atoms with Crippen molar-refractivity contribution in [2.75, 3.05) is 0 Å². The van der Waals surface area contributed by atoms with Crippen molar-refractivity contribution < 1.29 is 51.0 Å². The van der Waals surface area contributed by atoms with Gasteiger partial charge >= 0.3 is 26.2 Å². The van der Waals surface area contributed by atoms with Crippen LogP contribution < -0.4 is 24.8 Å². The van der Waals surface area contributed by atoms with Crippen LogP contribution in [-0.4, -0.2) is 0 Å². The Kier molecular flexibility index (Phi) is 7.94. The van der Waals surface area contributed by atoms with E-state index in [0.29, 0.717) is 11.8 Å². The molecule has 1 saturated carbocycles. The van der Waals surface area contributed by atoms with Crippen LogP contribution >= 0.6 is 0 Å². The molecular weight excluding hydrogens is 534 g/mol. The summed E-state index contributed by atoms with van der Waals surface area (Å²) in [6.07, 6.45) is 7.55. The van der Waals surface area contributed by atoms with E-state index in [1.54, 1.807) is 5.57 Å². The van der Waals surface area contributed by atoms with Gasteiger partial charge in [-0.1, -0.05) is 117 Å². The van der Waals surface area contributed by atoms with Crippen LogP contribution in [0.1, 0.15) is 56.2 Å². The first kappa shape index (κ1) is 27.2. The zero-order chi connectivity index (χ0) is 21.2. The van der Waals surface area contributed by atoms with Gasteiger partial charge < -0.3 is 24.8 Å². The Morgan fingerprint density at radius 1 is 0.735 bits per heavy atom. The van der Waals surface area contributed by atoms with Crippen molar-refractivity contribution in [1.82, 2.24) is 0 Å². The van der Waals surface area contributed by atoms with Gasteiger partial charge in [-0.25, -0.2) is 0 Å². The molecule has 2 unspecified atom stereocenters. The molecule has 3 heteroatoms. The van der Waals surface area contributed by atoms with Gasteiger partial charge in [0, 0.05) is 17.3 Å². The first-order chi connectivity index (χ1) is 15.0. The van der Waals surface area contributed by atoms with Gasteiger partial charge in [0.15, 0.2) is 0 Å². The number of hydrogen-bond acceptors (Lipinski definition) is 0. The Morgan fingerprint density at radius 2 is 1.26 bits per heavy atom. The van der Waals surface area contributed by atoms with Gasteiger partial charge in [0.2, 0.25) is 0 Å². The molecule has 172 valence electrons. The number of fused-ring (bicyclic) bond motifs is 4. The van der Waals surface area contributed by atoms with E-state index in [1.807, 2.05) is 0 Å². The summed E-state index contributed by atoms with van der Waals surface area (Å²) in [5.41, 5.74) is 10.7. The summed E-state index contributed by atoms with van der Waals surface area (Å²) < 4.78 is 0. The molecule has 3 aliphatic carbocycles. The molecule has 3 aromatic carbocycles. The molecule has 34 heavy (non-hydrogen) atoms. The van der Waals surface area contributed by atoms with E-state index in [0.717, 1.165) is 0 Å². The van der Waals surface area contributed by atoms with Gasteiger partial charge in [0.05, 0.1) is 0 Å². The van der Waals surface area contributed by atoms with E-state index >= 15 is 0 Å². The fourth-order valence-electron chi connectivity index (χ4n) is 6.58. The molecule has 0 amide bonds. The molecule has 6 rings (SSSR count). The smallest absolute Gasteiger partial charge is 1.00 e. The average molecular weight is 565 g/mol.